The molecule has 0 unspecified atom stereocenters. The normalized spacial score (nSPS) is 10.9. The van der Waals surface area contributed by atoms with Gasteiger partial charge in [-0.1, -0.05) is 19.1 Å². The molecule has 1 rings (SSSR count). The van der Waals surface area contributed by atoms with Gasteiger partial charge in [0.2, 0.25) is 5.82 Å². The Hall–Kier alpha value is -1.69. The van der Waals surface area contributed by atoms with Crippen molar-refractivity contribution in [1.82, 2.24) is 20.5 Å². The van der Waals surface area contributed by atoms with E-state index in [0.717, 1.165) is 18.7 Å². The topological polar surface area (TPSA) is 96.7 Å². The molecule has 1 aromatic heterocycles. The van der Waals surface area contributed by atoms with Crippen LogP contribution >= 0.6 is 0 Å². The van der Waals surface area contributed by atoms with Crippen LogP contribution in [0.2, 0.25) is 0 Å². The minimum atomic E-state index is -0.278. The Morgan fingerprint density at radius 1 is 1.56 bits per heavy atom. The molecule has 6 nitrogen and oxygen atoms in total. The molecule has 1 amide bonds. The summed E-state index contributed by atoms with van der Waals surface area (Å²) >= 11 is 0. The van der Waals surface area contributed by atoms with E-state index in [-0.39, 0.29) is 11.7 Å². The summed E-state index contributed by atoms with van der Waals surface area (Å²) in [6.45, 7) is 2.95. The molecule has 1 heterocycles. The average molecular weight is 223 g/mol. The zero-order valence-corrected chi connectivity index (χ0v) is 9.36. The molecule has 0 aromatic carbocycles. The van der Waals surface area contributed by atoms with Crippen molar-refractivity contribution < 1.29 is 4.79 Å². The highest BCUT2D eigenvalue weighted by Gasteiger charge is 2.10. The Morgan fingerprint density at radius 2 is 2.38 bits per heavy atom. The zero-order valence-electron chi connectivity index (χ0n) is 9.36. The Labute approximate surface area is 94.3 Å². The number of nitrogens with zero attached hydrogens (tertiary/aromatic N) is 2. The summed E-state index contributed by atoms with van der Waals surface area (Å²) in [4.78, 5) is 15.6. The lowest BCUT2D eigenvalue weighted by Crippen LogP contribution is -2.24. The fourth-order valence-corrected chi connectivity index (χ4v) is 1.16. The lowest BCUT2D eigenvalue weighted by molar-refractivity contribution is 0.0948. The second kappa shape index (κ2) is 6.73. The van der Waals surface area contributed by atoms with E-state index in [1.165, 1.54) is 0 Å². The number of H-pyrrole nitrogens is 1. The number of aromatic amines is 1. The first-order valence-corrected chi connectivity index (χ1v) is 5.32. The van der Waals surface area contributed by atoms with Gasteiger partial charge in [0.25, 0.3) is 5.91 Å². The maximum Gasteiger partial charge on any atom is 0.291 e. The van der Waals surface area contributed by atoms with E-state index >= 15 is 0 Å². The Bertz CT molecular complexity index is 358. The number of aromatic nitrogens is 3. The fourth-order valence-electron chi connectivity index (χ4n) is 1.16. The number of amides is 1. The first-order valence-electron chi connectivity index (χ1n) is 5.32. The summed E-state index contributed by atoms with van der Waals surface area (Å²) < 4.78 is 0. The van der Waals surface area contributed by atoms with Gasteiger partial charge in [0.15, 0.2) is 0 Å². The predicted molar refractivity (Wildman–Crippen MR) is 60.9 cm³/mol. The van der Waals surface area contributed by atoms with E-state index in [0.29, 0.717) is 13.1 Å². The van der Waals surface area contributed by atoms with Gasteiger partial charge in [-0.3, -0.25) is 9.89 Å². The molecule has 0 aliphatic heterocycles. The fraction of sp³-hybridized carbons (Fsp3) is 0.500. The van der Waals surface area contributed by atoms with Crippen LogP contribution in [0.5, 0.6) is 0 Å². The van der Waals surface area contributed by atoms with Crippen LogP contribution in [0.25, 0.3) is 0 Å². The molecule has 6 heteroatoms. The molecule has 0 saturated carbocycles. The molecule has 0 aliphatic rings. The Balaban J connectivity index is 2.43. The van der Waals surface area contributed by atoms with E-state index < -0.39 is 0 Å². The third-order valence-corrected chi connectivity index (χ3v) is 1.90. The van der Waals surface area contributed by atoms with Crippen LogP contribution < -0.4 is 11.1 Å². The van der Waals surface area contributed by atoms with Gasteiger partial charge in [0.05, 0.1) is 0 Å². The molecule has 88 valence electrons. The average Bonchev–Trinajstić information content (AvgIpc) is 2.73. The monoisotopic (exact) mass is 223 g/mol. The van der Waals surface area contributed by atoms with E-state index in [1.807, 2.05) is 6.92 Å². The predicted octanol–water partition coefficient (Wildman–Crippen LogP) is 0.00190. The zero-order chi connectivity index (χ0) is 11.8. The molecule has 1 aromatic rings. The number of nitrogens with two attached hydrogens (primary N) is 1. The van der Waals surface area contributed by atoms with Crippen LogP contribution in [-0.2, 0) is 6.42 Å². The minimum Gasteiger partial charge on any atom is -0.346 e. The van der Waals surface area contributed by atoms with Crippen molar-refractivity contribution in [3.63, 3.8) is 0 Å². The number of rotatable bonds is 6. The van der Waals surface area contributed by atoms with Crippen LogP contribution in [0.15, 0.2) is 12.2 Å². The summed E-state index contributed by atoms with van der Waals surface area (Å²) in [6.07, 6.45) is 5.33. The highest BCUT2D eigenvalue weighted by atomic mass is 16.2. The van der Waals surface area contributed by atoms with Crippen molar-refractivity contribution in [1.29, 1.82) is 0 Å². The van der Waals surface area contributed by atoms with Crippen molar-refractivity contribution in [3.8, 4) is 0 Å². The van der Waals surface area contributed by atoms with E-state index in [1.54, 1.807) is 12.2 Å². The lowest BCUT2D eigenvalue weighted by atomic mass is 10.3. The van der Waals surface area contributed by atoms with Crippen LogP contribution in [-0.4, -0.2) is 34.2 Å². The smallest absolute Gasteiger partial charge is 0.291 e. The molecule has 0 radical (unpaired) electrons. The Morgan fingerprint density at radius 3 is 3.06 bits per heavy atom. The Kier molecular flexibility index (Phi) is 5.21. The largest absolute Gasteiger partial charge is 0.346 e. The quantitative estimate of drug-likeness (QED) is 0.591. The maximum absolute atomic E-state index is 11.5. The van der Waals surface area contributed by atoms with Crippen molar-refractivity contribution in [2.45, 2.75) is 19.8 Å². The summed E-state index contributed by atoms with van der Waals surface area (Å²) in [5.74, 6) is 0.648. The molecular formula is C10H17N5O. The van der Waals surface area contributed by atoms with Crippen LogP contribution in [0.1, 0.15) is 29.8 Å². The van der Waals surface area contributed by atoms with E-state index in [9.17, 15) is 4.79 Å². The number of nitrogens with one attached hydrogen (secondary N) is 2. The second-order valence-corrected chi connectivity index (χ2v) is 3.27. The molecule has 0 bridgehead atoms. The third-order valence-electron chi connectivity index (χ3n) is 1.90. The second-order valence-electron chi connectivity index (χ2n) is 3.27. The number of hydrogen-bond acceptors (Lipinski definition) is 4. The van der Waals surface area contributed by atoms with Gasteiger partial charge in [-0.15, -0.1) is 5.10 Å². The number of hydrogen-bond donors (Lipinski definition) is 3. The third kappa shape index (κ3) is 3.82. The molecule has 0 spiro atoms. The molecule has 4 N–H and O–H groups in total. The summed E-state index contributed by atoms with van der Waals surface area (Å²) in [5.41, 5.74) is 5.26. The van der Waals surface area contributed by atoms with Gasteiger partial charge in [-0.05, 0) is 6.42 Å². The van der Waals surface area contributed by atoms with Crippen molar-refractivity contribution in [2.75, 3.05) is 13.1 Å². The van der Waals surface area contributed by atoms with Gasteiger partial charge in [0, 0.05) is 19.5 Å². The highest BCUT2D eigenvalue weighted by Crippen LogP contribution is 1.96. The first-order chi connectivity index (χ1) is 7.77. The molecule has 16 heavy (non-hydrogen) atoms. The minimum absolute atomic E-state index is 0.185. The molecular weight excluding hydrogens is 206 g/mol. The molecule has 0 aliphatic carbocycles. The lowest BCUT2D eigenvalue weighted by Gasteiger charge is -1.96. The van der Waals surface area contributed by atoms with Crippen molar-refractivity contribution in [2.24, 2.45) is 5.73 Å². The van der Waals surface area contributed by atoms with Crippen LogP contribution in [0.3, 0.4) is 0 Å². The SMILES string of the molecule is CCCc1nc(C(=O)NC/C=C/CN)n[nH]1. The number of aryl methyl sites for hydroxylation is 1. The molecule has 0 atom stereocenters. The summed E-state index contributed by atoms with van der Waals surface area (Å²) in [5, 5.41) is 9.23. The standard InChI is InChI=1S/C10H17N5O/c1-2-5-8-13-9(15-14-8)10(16)12-7-4-3-6-11/h3-4H,2,5-7,11H2,1H3,(H,12,16)(H,13,14,15)/b4-3+. The van der Waals surface area contributed by atoms with Crippen LogP contribution in [0, 0.1) is 0 Å². The number of carbonyl (C=O) groups excluding carboxylic acids is 1. The highest BCUT2D eigenvalue weighted by molar-refractivity contribution is 5.90. The summed E-state index contributed by atoms with van der Waals surface area (Å²) in [7, 11) is 0. The van der Waals surface area contributed by atoms with Gasteiger partial charge >= 0.3 is 0 Å². The van der Waals surface area contributed by atoms with E-state index in [2.05, 4.69) is 20.5 Å². The molecule has 0 fully saturated rings. The van der Waals surface area contributed by atoms with Gasteiger partial charge in [0.1, 0.15) is 5.82 Å². The van der Waals surface area contributed by atoms with Crippen molar-refractivity contribution in [3.05, 3.63) is 23.8 Å². The van der Waals surface area contributed by atoms with Gasteiger partial charge in [-0.25, -0.2) is 4.98 Å². The van der Waals surface area contributed by atoms with Crippen molar-refractivity contribution >= 4 is 5.91 Å². The number of carbonyl (C=O) groups is 1. The first kappa shape index (κ1) is 12.4. The molecule has 0 saturated heterocycles. The van der Waals surface area contributed by atoms with Gasteiger partial charge < -0.3 is 11.1 Å². The van der Waals surface area contributed by atoms with Gasteiger partial charge in [-0.2, -0.15) is 0 Å². The van der Waals surface area contributed by atoms with Crippen LogP contribution in [0.4, 0.5) is 0 Å². The van der Waals surface area contributed by atoms with E-state index in [4.69, 9.17) is 5.73 Å². The summed E-state index contributed by atoms with van der Waals surface area (Å²) in [6, 6.07) is 0. The maximum atomic E-state index is 11.5.